The maximum Gasteiger partial charge on any atom is 0.321 e. The van der Waals surface area contributed by atoms with Gasteiger partial charge >= 0.3 is 11.9 Å². The summed E-state index contributed by atoms with van der Waals surface area (Å²) in [5.41, 5.74) is 6.32. The van der Waals surface area contributed by atoms with Gasteiger partial charge in [-0.05, 0) is 79.3 Å². The van der Waals surface area contributed by atoms with E-state index in [2.05, 4.69) is 46.3 Å². The van der Waals surface area contributed by atoms with E-state index in [0.29, 0.717) is 23.5 Å². The number of alkyl halides is 1. The summed E-state index contributed by atoms with van der Waals surface area (Å²) in [5.74, 6) is -0.0534. The zero-order valence-electron chi connectivity index (χ0n) is 23.0. The largest absolute Gasteiger partial charge is 0.426 e. The second-order valence-electron chi connectivity index (χ2n) is 11.6. The van der Waals surface area contributed by atoms with Gasteiger partial charge in [0.15, 0.2) is 0 Å². The van der Waals surface area contributed by atoms with Crippen LogP contribution in [0.5, 0.6) is 11.5 Å². The fourth-order valence-electron chi connectivity index (χ4n) is 6.33. The van der Waals surface area contributed by atoms with E-state index >= 15 is 0 Å². The molecule has 0 spiro atoms. The Labute approximate surface area is 247 Å². The first-order valence-corrected chi connectivity index (χ1v) is 14.7. The van der Waals surface area contributed by atoms with Crippen molar-refractivity contribution in [3.63, 3.8) is 0 Å². The zero-order chi connectivity index (χ0) is 28.9. The molecule has 0 amide bonds. The van der Waals surface area contributed by atoms with Crippen LogP contribution < -0.4 is 9.47 Å². The van der Waals surface area contributed by atoms with Crippen LogP contribution in [0.2, 0.25) is 0 Å². The van der Waals surface area contributed by atoms with Crippen LogP contribution in [-0.2, 0) is 21.4 Å². The molecule has 0 aromatic heterocycles. The molecule has 0 saturated carbocycles. The molecule has 204 valence electrons. The summed E-state index contributed by atoms with van der Waals surface area (Å²) in [4.78, 5) is 25.9. The molecule has 0 atom stereocenters. The lowest BCUT2D eigenvalue weighted by Crippen LogP contribution is -2.44. The Bertz CT molecular complexity index is 1700. The number of ether oxygens (including phenoxy) is 2. The number of esters is 2. The van der Waals surface area contributed by atoms with E-state index in [4.69, 9.17) is 9.47 Å². The third kappa shape index (κ3) is 4.27. The van der Waals surface area contributed by atoms with E-state index in [-0.39, 0.29) is 17.2 Å². The highest BCUT2D eigenvalue weighted by Crippen LogP contribution is 2.64. The van der Waals surface area contributed by atoms with Crippen molar-refractivity contribution in [2.75, 3.05) is 5.33 Å². The van der Waals surface area contributed by atoms with Gasteiger partial charge < -0.3 is 9.47 Å². The van der Waals surface area contributed by atoms with Gasteiger partial charge in [0.1, 0.15) is 16.8 Å². The number of halogens is 1. The molecule has 0 fully saturated rings. The summed E-state index contributed by atoms with van der Waals surface area (Å²) < 4.78 is 12.1. The summed E-state index contributed by atoms with van der Waals surface area (Å²) in [5, 5.41) is 9.45. The van der Waals surface area contributed by atoms with Crippen LogP contribution in [0.3, 0.4) is 0 Å². The minimum Gasteiger partial charge on any atom is -0.426 e. The van der Waals surface area contributed by atoms with Crippen molar-refractivity contribution in [3.8, 4) is 17.6 Å². The molecule has 7 rings (SSSR count). The zero-order valence-corrected chi connectivity index (χ0v) is 24.6. The maximum absolute atomic E-state index is 13.2. The van der Waals surface area contributed by atoms with Crippen molar-refractivity contribution in [2.24, 2.45) is 5.41 Å². The molecular formula is C35H28BrNO4. The topological polar surface area (TPSA) is 76.4 Å². The predicted molar refractivity (Wildman–Crippen MR) is 160 cm³/mol. The molecule has 5 nitrogen and oxygen atoms in total. The molecule has 2 bridgehead atoms. The van der Waals surface area contributed by atoms with Gasteiger partial charge in [-0.1, -0.05) is 76.6 Å². The Morgan fingerprint density at radius 1 is 0.854 bits per heavy atom. The van der Waals surface area contributed by atoms with Gasteiger partial charge in [0.2, 0.25) is 0 Å². The lowest BCUT2D eigenvalue weighted by molar-refractivity contribution is -0.143. The van der Waals surface area contributed by atoms with E-state index in [9.17, 15) is 14.9 Å². The normalized spacial score (nSPS) is 18.0. The van der Waals surface area contributed by atoms with Crippen LogP contribution in [0.4, 0.5) is 0 Å². The molecule has 0 N–H and O–H groups in total. The van der Waals surface area contributed by atoms with Gasteiger partial charge in [0.05, 0.1) is 22.5 Å². The molecule has 41 heavy (non-hydrogen) atoms. The Morgan fingerprint density at radius 3 is 2.00 bits per heavy atom. The SMILES string of the molecule is CC(C)(C)C(=O)Oc1ccc(OC(=O)CBr)c2c1C1c3ccccc3C2(Cc2ccc(C#N)cc2)c2ccccc21. The van der Waals surface area contributed by atoms with Gasteiger partial charge in [-0.3, -0.25) is 9.59 Å². The van der Waals surface area contributed by atoms with E-state index in [1.165, 1.54) is 0 Å². The van der Waals surface area contributed by atoms with Crippen molar-refractivity contribution in [1.82, 2.24) is 0 Å². The van der Waals surface area contributed by atoms with Crippen LogP contribution in [0.25, 0.3) is 0 Å². The minimum atomic E-state index is -0.752. The predicted octanol–water partition coefficient (Wildman–Crippen LogP) is 7.19. The van der Waals surface area contributed by atoms with Crippen LogP contribution in [0, 0.1) is 16.7 Å². The van der Waals surface area contributed by atoms with E-state index in [0.717, 1.165) is 38.9 Å². The van der Waals surface area contributed by atoms with Gasteiger partial charge in [-0.2, -0.15) is 5.26 Å². The van der Waals surface area contributed by atoms with Crippen LogP contribution >= 0.6 is 15.9 Å². The standard InChI is InChI=1S/C35H28BrNO4/c1-34(2,3)33(39)41-27-16-17-28(40-29(38)19-36)32-31(27)30-23-8-4-6-10-25(23)35(32,26-11-7-5-9-24(26)30)18-21-12-14-22(20-37)15-13-21/h4-17,30H,18-19H2,1-3H3. The van der Waals surface area contributed by atoms with Crippen LogP contribution in [0.1, 0.15) is 71.2 Å². The lowest BCUT2D eigenvalue weighted by Gasteiger charge is -2.51. The number of rotatable bonds is 5. The molecule has 4 aromatic rings. The summed E-state index contributed by atoms with van der Waals surface area (Å²) in [6.45, 7) is 5.49. The lowest BCUT2D eigenvalue weighted by atomic mass is 9.51. The molecule has 0 heterocycles. The molecule has 0 aliphatic heterocycles. The fourth-order valence-corrected chi connectivity index (χ4v) is 6.45. The molecule has 3 aliphatic carbocycles. The van der Waals surface area contributed by atoms with Crippen molar-refractivity contribution < 1.29 is 19.1 Å². The van der Waals surface area contributed by atoms with Crippen LogP contribution in [-0.4, -0.2) is 17.3 Å². The first kappa shape index (κ1) is 27.0. The Kier molecular flexibility index (Phi) is 6.59. The highest BCUT2D eigenvalue weighted by molar-refractivity contribution is 9.09. The first-order valence-electron chi connectivity index (χ1n) is 13.5. The van der Waals surface area contributed by atoms with Gasteiger partial charge in [0.25, 0.3) is 0 Å². The smallest absolute Gasteiger partial charge is 0.321 e. The third-order valence-electron chi connectivity index (χ3n) is 8.05. The number of benzene rings is 4. The molecule has 4 aromatic carbocycles. The molecule has 6 heteroatoms. The first-order chi connectivity index (χ1) is 19.7. The third-order valence-corrected chi connectivity index (χ3v) is 8.50. The van der Waals surface area contributed by atoms with Gasteiger partial charge in [-0.15, -0.1) is 0 Å². The highest BCUT2D eigenvalue weighted by atomic mass is 79.9. The molecule has 0 radical (unpaired) electrons. The minimum absolute atomic E-state index is 0.0434. The Morgan fingerprint density at radius 2 is 1.44 bits per heavy atom. The van der Waals surface area contributed by atoms with Crippen molar-refractivity contribution in [3.05, 3.63) is 129 Å². The average molecular weight is 607 g/mol. The Balaban J connectivity index is 1.70. The summed E-state index contributed by atoms with van der Waals surface area (Å²) in [6.07, 6.45) is 0.544. The van der Waals surface area contributed by atoms with E-state index in [1.54, 1.807) is 12.1 Å². The van der Waals surface area contributed by atoms with Crippen molar-refractivity contribution in [2.45, 2.75) is 38.5 Å². The monoisotopic (exact) mass is 605 g/mol. The molecule has 0 unspecified atom stereocenters. The number of nitrogens with zero attached hydrogens (tertiary/aromatic N) is 1. The van der Waals surface area contributed by atoms with Crippen molar-refractivity contribution in [1.29, 1.82) is 5.26 Å². The molecular weight excluding hydrogens is 578 g/mol. The fraction of sp³-hybridized carbons (Fsp3) is 0.229. The summed E-state index contributed by atoms with van der Waals surface area (Å²) >= 11 is 3.24. The quantitative estimate of drug-likeness (QED) is 0.137. The number of carbonyl (C=O) groups is 2. The average Bonchev–Trinajstić information content (AvgIpc) is 2.98. The van der Waals surface area contributed by atoms with Crippen LogP contribution in [0.15, 0.2) is 84.9 Å². The van der Waals surface area contributed by atoms with Crippen molar-refractivity contribution >= 4 is 27.9 Å². The van der Waals surface area contributed by atoms with Gasteiger partial charge in [0, 0.05) is 17.0 Å². The summed E-state index contributed by atoms with van der Waals surface area (Å²) in [7, 11) is 0. The Hall–Kier alpha value is -4.21. The van der Waals surface area contributed by atoms with Gasteiger partial charge in [-0.25, -0.2) is 0 Å². The summed E-state index contributed by atoms with van der Waals surface area (Å²) in [6, 6.07) is 30.0. The number of nitriles is 1. The highest BCUT2D eigenvalue weighted by Gasteiger charge is 2.54. The van der Waals surface area contributed by atoms with E-state index < -0.39 is 16.8 Å². The number of carbonyl (C=O) groups excluding carboxylic acids is 2. The second kappa shape index (κ2) is 10.0. The van der Waals surface area contributed by atoms with E-state index in [1.807, 2.05) is 69.3 Å². The second-order valence-corrected chi connectivity index (χ2v) is 12.2. The number of hydrogen-bond acceptors (Lipinski definition) is 5. The molecule has 3 aliphatic rings. The number of hydrogen-bond donors (Lipinski definition) is 0. The molecule has 0 saturated heterocycles. The maximum atomic E-state index is 13.2.